The molecule has 0 atom stereocenters. The van der Waals surface area contributed by atoms with Gasteiger partial charge in [0.1, 0.15) is 23.7 Å². The number of rotatable bonds is 4. The van der Waals surface area contributed by atoms with Gasteiger partial charge in [0, 0.05) is 43.8 Å². The molecule has 0 spiro atoms. The van der Waals surface area contributed by atoms with Crippen LogP contribution in [0, 0.1) is 18.3 Å². The van der Waals surface area contributed by atoms with E-state index >= 15 is 0 Å². The molecule has 0 bridgehead atoms. The number of hydrogen-bond acceptors (Lipinski definition) is 7. The number of nitriles is 1. The molecule has 7 heteroatoms. The average Bonchev–Trinajstić information content (AvgIpc) is 2.63. The van der Waals surface area contributed by atoms with Gasteiger partial charge in [0.05, 0.1) is 13.3 Å². The summed E-state index contributed by atoms with van der Waals surface area (Å²) >= 11 is 0. The van der Waals surface area contributed by atoms with Crippen LogP contribution in [0.4, 0.5) is 5.82 Å². The van der Waals surface area contributed by atoms with Crippen molar-refractivity contribution in [1.29, 1.82) is 5.26 Å². The number of aryl methyl sites for hydroxylation is 1. The Morgan fingerprint density at radius 3 is 2.62 bits per heavy atom. The van der Waals surface area contributed by atoms with E-state index in [0.29, 0.717) is 5.88 Å². The van der Waals surface area contributed by atoms with Crippen LogP contribution in [0.15, 0.2) is 24.5 Å². The third-order valence-corrected chi connectivity index (χ3v) is 4.01. The van der Waals surface area contributed by atoms with E-state index in [1.54, 1.807) is 25.6 Å². The standard InChI is InChI=1S/C17H19N5O2/c1-12-10-19-15(9-18)21-17(12)22-7-5-13(6-8-22)24-14-3-4-16(23-2)20-11-14/h3-4,10-11,13H,5-8H2,1-2H3. The Balaban J connectivity index is 1.60. The first-order valence-corrected chi connectivity index (χ1v) is 7.85. The molecule has 7 nitrogen and oxygen atoms in total. The molecule has 1 fully saturated rings. The van der Waals surface area contributed by atoms with Gasteiger partial charge in [-0.05, 0) is 13.0 Å². The van der Waals surface area contributed by atoms with Gasteiger partial charge in [0.25, 0.3) is 0 Å². The van der Waals surface area contributed by atoms with Crippen molar-refractivity contribution in [2.75, 3.05) is 25.1 Å². The van der Waals surface area contributed by atoms with Crippen LogP contribution in [0.3, 0.4) is 0 Å². The highest BCUT2D eigenvalue weighted by Crippen LogP contribution is 2.24. The highest BCUT2D eigenvalue weighted by Gasteiger charge is 2.23. The quantitative estimate of drug-likeness (QED) is 0.851. The lowest BCUT2D eigenvalue weighted by Gasteiger charge is -2.33. The van der Waals surface area contributed by atoms with Crippen molar-refractivity contribution >= 4 is 5.82 Å². The van der Waals surface area contributed by atoms with E-state index in [1.807, 2.05) is 19.1 Å². The van der Waals surface area contributed by atoms with Crippen LogP contribution in [-0.2, 0) is 0 Å². The Bertz CT molecular complexity index is 734. The fourth-order valence-corrected chi connectivity index (χ4v) is 2.74. The van der Waals surface area contributed by atoms with E-state index in [0.717, 1.165) is 43.1 Å². The summed E-state index contributed by atoms with van der Waals surface area (Å²) in [6.07, 6.45) is 5.30. The summed E-state index contributed by atoms with van der Waals surface area (Å²) in [5, 5.41) is 8.97. The molecule has 124 valence electrons. The van der Waals surface area contributed by atoms with Gasteiger partial charge in [-0.25, -0.2) is 15.0 Å². The maximum atomic E-state index is 8.97. The number of methoxy groups -OCH3 is 1. The molecule has 1 aliphatic heterocycles. The van der Waals surface area contributed by atoms with Gasteiger partial charge in [0.2, 0.25) is 11.7 Å². The van der Waals surface area contributed by atoms with E-state index in [1.165, 1.54) is 0 Å². The van der Waals surface area contributed by atoms with E-state index in [4.69, 9.17) is 14.7 Å². The first kappa shape index (κ1) is 16.0. The summed E-state index contributed by atoms with van der Waals surface area (Å²) in [4.78, 5) is 14.7. The van der Waals surface area contributed by atoms with Crippen LogP contribution in [-0.4, -0.2) is 41.3 Å². The Morgan fingerprint density at radius 2 is 2.00 bits per heavy atom. The van der Waals surface area contributed by atoms with Crippen molar-refractivity contribution in [3.8, 4) is 17.7 Å². The maximum Gasteiger partial charge on any atom is 0.234 e. The van der Waals surface area contributed by atoms with Crippen LogP contribution in [0.25, 0.3) is 0 Å². The van der Waals surface area contributed by atoms with Crippen molar-refractivity contribution < 1.29 is 9.47 Å². The molecule has 0 saturated carbocycles. The SMILES string of the molecule is COc1ccc(OC2CCN(c3nc(C#N)ncc3C)CC2)cn1. The number of pyridine rings is 1. The number of anilines is 1. The highest BCUT2D eigenvalue weighted by atomic mass is 16.5. The molecule has 0 amide bonds. The molecular weight excluding hydrogens is 306 g/mol. The monoisotopic (exact) mass is 325 g/mol. The predicted molar refractivity (Wildman–Crippen MR) is 88.1 cm³/mol. The summed E-state index contributed by atoms with van der Waals surface area (Å²) in [7, 11) is 1.59. The molecule has 0 N–H and O–H groups in total. The van der Waals surface area contributed by atoms with Crippen LogP contribution in [0.5, 0.6) is 11.6 Å². The number of ether oxygens (including phenoxy) is 2. The third kappa shape index (κ3) is 3.54. The van der Waals surface area contributed by atoms with Crippen molar-refractivity contribution in [1.82, 2.24) is 15.0 Å². The van der Waals surface area contributed by atoms with E-state index in [2.05, 4.69) is 19.9 Å². The lowest BCUT2D eigenvalue weighted by molar-refractivity contribution is 0.169. The molecule has 0 unspecified atom stereocenters. The summed E-state index contributed by atoms with van der Waals surface area (Å²) in [6, 6.07) is 5.65. The van der Waals surface area contributed by atoms with Crippen molar-refractivity contribution in [3.63, 3.8) is 0 Å². The molecule has 0 aromatic carbocycles. The zero-order valence-electron chi connectivity index (χ0n) is 13.8. The van der Waals surface area contributed by atoms with E-state index in [9.17, 15) is 0 Å². The molecule has 3 rings (SSSR count). The predicted octanol–water partition coefficient (Wildman–Crippen LogP) is 2.11. The van der Waals surface area contributed by atoms with Crippen LogP contribution in [0.2, 0.25) is 0 Å². The zero-order chi connectivity index (χ0) is 16.9. The maximum absolute atomic E-state index is 8.97. The summed E-state index contributed by atoms with van der Waals surface area (Å²) in [6.45, 7) is 3.62. The normalized spacial score (nSPS) is 15.0. The third-order valence-electron chi connectivity index (χ3n) is 4.01. The zero-order valence-corrected chi connectivity index (χ0v) is 13.8. The van der Waals surface area contributed by atoms with Gasteiger partial charge in [-0.3, -0.25) is 0 Å². The summed E-state index contributed by atoms with van der Waals surface area (Å²) in [5.74, 6) is 2.37. The minimum Gasteiger partial charge on any atom is -0.489 e. The van der Waals surface area contributed by atoms with Crippen molar-refractivity contribution in [2.24, 2.45) is 0 Å². The average molecular weight is 325 g/mol. The Morgan fingerprint density at radius 1 is 1.21 bits per heavy atom. The number of nitrogens with zero attached hydrogens (tertiary/aromatic N) is 5. The fraction of sp³-hybridized carbons (Fsp3) is 0.412. The van der Waals surface area contributed by atoms with Gasteiger partial charge in [-0.15, -0.1) is 0 Å². The van der Waals surface area contributed by atoms with Gasteiger partial charge >= 0.3 is 0 Å². The number of hydrogen-bond donors (Lipinski definition) is 0. The van der Waals surface area contributed by atoms with Crippen LogP contribution in [0.1, 0.15) is 24.2 Å². The molecule has 2 aromatic heterocycles. The minimum absolute atomic E-state index is 0.147. The molecule has 3 heterocycles. The van der Waals surface area contributed by atoms with Crippen molar-refractivity contribution in [3.05, 3.63) is 35.9 Å². The molecular formula is C17H19N5O2. The van der Waals surface area contributed by atoms with Gasteiger partial charge in [0.15, 0.2) is 0 Å². The van der Waals surface area contributed by atoms with E-state index in [-0.39, 0.29) is 11.9 Å². The van der Waals surface area contributed by atoms with Crippen molar-refractivity contribution in [2.45, 2.75) is 25.9 Å². The molecule has 0 aliphatic carbocycles. The van der Waals surface area contributed by atoms with Crippen LogP contribution < -0.4 is 14.4 Å². The lowest BCUT2D eigenvalue weighted by Crippen LogP contribution is -2.39. The lowest BCUT2D eigenvalue weighted by atomic mass is 10.1. The Kier molecular flexibility index (Phi) is 4.75. The molecule has 0 radical (unpaired) electrons. The fourth-order valence-electron chi connectivity index (χ4n) is 2.74. The van der Waals surface area contributed by atoms with Crippen LogP contribution >= 0.6 is 0 Å². The second kappa shape index (κ2) is 7.13. The first-order valence-electron chi connectivity index (χ1n) is 7.85. The molecule has 24 heavy (non-hydrogen) atoms. The topological polar surface area (TPSA) is 84.2 Å². The number of piperidine rings is 1. The van der Waals surface area contributed by atoms with Gasteiger partial charge in [-0.2, -0.15) is 5.26 Å². The Hall–Kier alpha value is -2.88. The molecule has 1 saturated heterocycles. The second-order valence-electron chi connectivity index (χ2n) is 5.65. The second-order valence-corrected chi connectivity index (χ2v) is 5.65. The van der Waals surface area contributed by atoms with Gasteiger partial charge < -0.3 is 14.4 Å². The van der Waals surface area contributed by atoms with E-state index < -0.39 is 0 Å². The smallest absolute Gasteiger partial charge is 0.234 e. The summed E-state index contributed by atoms with van der Waals surface area (Å²) < 4.78 is 11.0. The largest absolute Gasteiger partial charge is 0.489 e. The molecule has 1 aliphatic rings. The molecule has 2 aromatic rings. The first-order chi connectivity index (χ1) is 11.7. The number of aromatic nitrogens is 3. The summed E-state index contributed by atoms with van der Waals surface area (Å²) in [5.41, 5.74) is 0.979. The van der Waals surface area contributed by atoms with Gasteiger partial charge in [-0.1, -0.05) is 0 Å². The highest BCUT2D eigenvalue weighted by molar-refractivity contribution is 5.46. The minimum atomic E-state index is 0.147. The Labute approximate surface area is 140 Å².